The number of rotatable bonds is 2. The lowest BCUT2D eigenvalue weighted by Crippen LogP contribution is -1.94. The summed E-state index contributed by atoms with van der Waals surface area (Å²) in [5, 5.41) is 17.3. The highest BCUT2D eigenvalue weighted by molar-refractivity contribution is 7.26. The fourth-order valence-corrected chi connectivity index (χ4v) is 7.98. The Hall–Kier alpha value is -5.37. The summed E-state index contributed by atoms with van der Waals surface area (Å²) in [7, 11) is 0. The van der Waals surface area contributed by atoms with Crippen LogP contribution in [0.3, 0.4) is 0 Å². The van der Waals surface area contributed by atoms with Gasteiger partial charge in [0.25, 0.3) is 0 Å². The standard InChI is InChI=1S/C39H24N2OS/c1-22-10-13-33-29(16-22)30-17-23(2)11-14-34(30)41(33)35-8-5-7-28-32-20-25(18-26(21-40)38(32)43-39(28)35)24-12-15-37-31(19-24)27-6-3-4-9-36(27)42-37/h3-20H,1-2H3. The Morgan fingerprint density at radius 3 is 2.05 bits per heavy atom. The molecule has 0 aliphatic carbocycles. The molecule has 0 aliphatic rings. The summed E-state index contributed by atoms with van der Waals surface area (Å²) < 4.78 is 10.7. The van der Waals surface area contributed by atoms with Gasteiger partial charge in [-0.15, -0.1) is 11.3 Å². The Morgan fingerprint density at radius 2 is 1.28 bits per heavy atom. The van der Waals surface area contributed by atoms with Crippen molar-refractivity contribution in [3.8, 4) is 22.9 Å². The number of aryl methyl sites for hydroxylation is 2. The number of benzene rings is 6. The molecule has 202 valence electrons. The average molecular weight is 569 g/mol. The first-order valence-electron chi connectivity index (χ1n) is 14.4. The van der Waals surface area contributed by atoms with Crippen molar-refractivity contribution in [3.63, 3.8) is 0 Å². The van der Waals surface area contributed by atoms with Gasteiger partial charge in [-0.2, -0.15) is 5.26 Å². The van der Waals surface area contributed by atoms with Gasteiger partial charge in [-0.05, 0) is 85.6 Å². The fourth-order valence-electron chi connectivity index (χ4n) is 6.73. The minimum atomic E-state index is 0.699. The van der Waals surface area contributed by atoms with Gasteiger partial charge < -0.3 is 8.98 Å². The van der Waals surface area contributed by atoms with E-state index in [-0.39, 0.29) is 0 Å². The summed E-state index contributed by atoms with van der Waals surface area (Å²) in [6.07, 6.45) is 0. The van der Waals surface area contributed by atoms with Crippen LogP contribution in [0.4, 0.5) is 0 Å². The number of thiophene rings is 1. The van der Waals surface area contributed by atoms with E-state index in [4.69, 9.17) is 4.42 Å². The normalized spacial score (nSPS) is 11.9. The molecule has 0 bridgehead atoms. The molecule has 0 amide bonds. The zero-order valence-electron chi connectivity index (χ0n) is 23.6. The highest BCUT2D eigenvalue weighted by Crippen LogP contribution is 2.44. The molecule has 0 N–H and O–H groups in total. The molecule has 0 unspecified atom stereocenters. The molecule has 0 saturated heterocycles. The molecule has 9 aromatic rings. The van der Waals surface area contributed by atoms with Crippen molar-refractivity contribution in [1.29, 1.82) is 5.26 Å². The van der Waals surface area contributed by atoms with Crippen LogP contribution in [0.15, 0.2) is 114 Å². The second-order valence-corrected chi connectivity index (χ2v) is 12.5. The molecule has 4 heteroatoms. The molecule has 0 saturated carbocycles. The van der Waals surface area contributed by atoms with Crippen molar-refractivity contribution in [2.24, 2.45) is 0 Å². The SMILES string of the molecule is Cc1ccc2c(c1)c1cc(C)ccc1n2-c1cccc2c1sc1c(C#N)cc(-c3ccc4oc5ccccc5c4c3)cc12. The monoisotopic (exact) mass is 568 g/mol. The first-order valence-corrected chi connectivity index (χ1v) is 15.2. The largest absolute Gasteiger partial charge is 0.456 e. The molecule has 6 aromatic carbocycles. The van der Waals surface area contributed by atoms with Crippen molar-refractivity contribution >= 4 is 75.3 Å². The van der Waals surface area contributed by atoms with Crippen LogP contribution < -0.4 is 0 Å². The number of nitriles is 1. The highest BCUT2D eigenvalue weighted by Gasteiger charge is 2.19. The van der Waals surface area contributed by atoms with E-state index in [9.17, 15) is 5.26 Å². The van der Waals surface area contributed by atoms with Gasteiger partial charge in [0.15, 0.2) is 0 Å². The van der Waals surface area contributed by atoms with Crippen LogP contribution in [0.25, 0.3) is 80.7 Å². The summed E-state index contributed by atoms with van der Waals surface area (Å²) in [6, 6.07) is 41.2. The number of fused-ring (bicyclic) bond motifs is 9. The van der Waals surface area contributed by atoms with Gasteiger partial charge in [0.2, 0.25) is 0 Å². The number of furan rings is 1. The van der Waals surface area contributed by atoms with Crippen molar-refractivity contribution < 1.29 is 4.42 Å². The van der Waals surface area contributed by atoms with E-state index in [1.54, 1.807) is 11.3 Å². The Morgan fingerprint density at radius 1 is 0.581 bits per heavy atom. The molecule has 0 aliphatic heterocycles. The molecule has 9 rings (SSSR count). The van der Waals surface area contributed by atoms with Crippen molar-refractivity contribution in [2.75, 3.05) is 0 Å². The molecule has 0 fully saturated rings. The molecule has 0 atom stereocenters. The van der Waals surface area contributed by atoms with Crippen LogP contribution in [-0.4, -0.2) is 4.57 Å². The topological polar surface area (TPSA) is 41.9 Å². The van der Waals surface area contributed by atoms with Crippen LogP contribution in [0.2, 0.25) is 0 Å². The lowest BCUT2D eigenvalue weighted by molar-refractivity contribution is 0.669. The van der Waals surface area contributed by atoms with Gasteiger partial charge >= 0.3 is 0 Å². The van der Waals surface area contributed by atoms with Crippen LogP contribution in [0.5, 0.6) is 0 Å². The Labute approximate surface area is 251 Å². The number of aromatic nitrogens is 1. The van der Waals surface area contributed by atoms with Gasteiger partial charge in [-0.3, -0.25) is 0 Å². The van der Waals surface area contributed by atoms with E-state index in [0.29, 0.717) is 5.56 Å². The molecule has 3 aromatic heterocycles. The predicted molar refractivity (Wildman–Crippen MR) is 181 cm³/mol. The van der Waals surface area contributed by atoms with Gasteiger partial charge in [-0.1, -0.05) is 59.7 Å². The van der Waals surface area contributed by atoms with E-state index < -0.39 is 0 Å². The van der Waals surface area contributed by atoms with Gasteiger partial charge in [0.05, 0.1) is 31.7 Å². The predicted octanol–water partition coefficient (Wildman–Crippen LogP) is 11.2. The zero-order valence-corrected chi connectivity index (χ0v) is 24.4. The summed E-state index contributed by atoms with van der Waals surface area (Å²) >= 11 is 1.71. The third-order valence-electron chi connectivity index (χ3n) is 8.72. The maximum atomic E-state index is 10.3. The summed E-state index contributed by atoms with van der Waals surface area (Å²) in [4.78, 5) is 0. The first-order chi connectivity index (χ1) is 21.1. The number of hydrogen-bond donors (Lipinski definition) is 0. The van der Waals surface area contributed by atoms with Gasteiger partial charge in [-0.25, -0.2) is 0 Å². The number of nitrogens with zero attached hydrogens (tertiary/aromatic N) is 2. The highest BCUT2D eigenvalue weighted by atomic mass is 32.1. The second-order valence-electron chi connectivity index (χ2n) is 11.5. The molecular formula is C39H24N2OS. The minimum Gasteiger partial charge on any atom is -0.456 e. The van der Waals surface area contributed by atoms with Crippen LogP contribution in [0.1, 0.15) is 16.7 Å². The van der Waals surface area contributed by atoms with E-state index in [0.717, 1.165) is 48.8 Å². The summed E-state index contributed by atoms with van der Waals surface area (Å²) in [6.45, 7) is 4.30. The zero-order chi connectivity index (χ0) is 28.8. The molecule has 0 radical (unpaired) electrons. The Balaban J connectivity index is 1.32. The smallest absolute Gasteiger partial charge is 0.135 e. The van der Waals surface area contributed by atoms with Crippen molar-refractivity contribution in [1.82, 2.24) is 4.57 Å². The lowest BCUT2D eigenvalue weighted by atomic mass is 9.98. The Bertz CT molecular complexity index is 2600. The third-order valence-corrected chi connectivity index (χ3v) is 10.0. The molecule has 3 heterocycles. The third kappa shape index (κ3) is 3.46. The molecule has 43 heavy (non-hydrogen) atoms. The van der Waals surface area contributed by atoms with E-state index >= 15 is 0 Å². The second kappa shape index (κ2) is 8.82. The maximum Gasteiger partial charge on any atom is 0.135 e. The molecular weight excluding hydrogens is 545 g/mol. The van der Waals surface area contributed by atoms with Gasteiger partial charge in [0, 0.05) is 32.3 Å². The number of para-hydroxylation sites is 1. The number of hydrogen-bond acceptors (Lipinski definition) is 3. The van der Waals surface area contributed by atoms with Crippen LogP contribution in [0, 0.1) is 25.2 Å². The molecule has 3 nitrogen and oxygen atoms in total. The van der Waals surface area contributed by atoms with Crippen LogP contribution in [-0.2, 0) is 0 Å². The quantitative estimate of drug-likeness (QED) is 0.208. The van der Waals surface area contributed by atoms with E-state index in [2.05, 4.69) is 103 Å². The van der Waals surface area contributed by atoms with Crippen molar-refractivity contribution in [3.05, 3.63) is 126 Å². The van der Waals surface area contributed by atoms with E-state index in [1.165, 1.54) is 43.0 Å². The van der Waals surface area contributed by atoms with Crippen molar-refractivity contribution in [2.45, 2.75) is 13.8 Å². The lowest BCUT2D eigenvalue weighted by Gasteiger charge is -2.09. The fraction of sp³-hybridized carbons (Fsp3) is 0.0513. The minimum absolute atomic E-state index is 0.699. The average Bonchev–Trinajstić information content (AvgIpc) is 3.69. The van der Waals surface area contributed by atoms with E-state index in [1.807, 2.05) is 30.3 Å². The summed E-state index contributed by atoms with van der Waals surface area (Å²) in [5.74, 6) is 0. The van der Waals surface area contributed by atoms with Crippen LogP contribution >= 0.6 is 11.3 Å². The Kier molecular flexibility index (Phi) is 4.97. The molecule has 0 spiro atoms. The van der Waals surface area contributed by atoms with Gasteiger partial charge in [0.1, 0.15) is 17.2 Å². The summed E-state index contributed by atoms with van der Waals surface area (Å²) in [5.41, 5.74) is 10.6. The maximum absolute atomic E-state index is 10.3. The first kappa shape index (κ1) is 24.2.